The van der Waals surface area contributed by atoms with Crippen LogP contribution in [0.5, 0.6) is 0 Å². The highest BCUT2D eigenvalue weighted by atomic mass is 35.5. The Morgan fingerprint density at radius 1 is 1.33 bits per heavy atom. The smallest absolute Gasteiger partial charge is 0.239 e. The molecule has 6 heteroatoms. The lowest BCUT2D eigenvalue weighted by atomic mass is 10.2. The second kappa shape index (κ2) is 5.77. The van der Waals surface area contributed by atoms with Crippen LogP contribution in [0.3, 0.4) is 0 Å². The van der Waals surface area contributed by atoms with E-state index in [9.17, 15) is 9.59 Å². The van der Waals surface area contributed by atoms with Crippen molar-refractivity contribution in [1.29, 1.82) is 0 Å². The number of carbonyl (C=O) groups excluding carboxylic acids is 2. The van der Waals surface area contributed by atoms with E-state index in [1.54, 1.807) is 4.90 Å². The van der Waals surface area contributed by atoms with Crippen LogP contribution in [-0.4, -0.2) is 40.9 Å². The van der Waals surface area contributed by atoms with Gasteiger partial charge in [-0.2, -0.15) is 0 Å². The molecule has 0 saturated carbocycles. The van der Waals surface area contributed by atoms with Gasteiger partial charge in [0.2, 0.25) is 11.8 Å². The summed E-state index contributed by atoms with van der Waals surface area (Å²) < 4.78 is 2.04. The summed E-state index contributed by atoms with van der Waals surface area (Å²) in [6.45, 7) is 1.89. The number of benzene rings is 1. The predicted octanol–water partition coefficient (Wildman–Crippen LogP) is 1.64. The van der Waals surface area contributed by atoms with E-state index in [0.29, 0.717) is 31.1 Å². The van der Waals surface area contributed by atoms with Crippen LogP contribution in [0.25, 0.3) is 10.9 Å². The number of amides is 2. The summed E-state index contributed by atoms with van der Waals surface area (Å²) >= 11 is 5.96. The van der Waals surface area contributed by atoms with Crippen LogP contribution in [0, 0.1) is 0 Å². The number of aryl methyl sites for hydroxylation is 1. The molecule has 1 fully saturated rings. The lowest BCUT2D eigenvalue weighted by Gasteiger charge is -2.26. The Kier molecular flexibility index (Phi) is 3.84. The van der Waals surface area contributed by atoms with Crippen LogP contribution in [0.4, 0.5) is 0 Å². The largest absolute Gasteiger partial charge is 0.353 e. The summed E-state index contributed by atoms with van der Waals surface area (Å²) in [6, 6.07) is 7.69. The molecule has 1 aliphatic heterocycles. The maximum atomic E-state index is 12.1. The maximum absolute atomic E-state index is 12.1. The molecule has 1 aliphatic rings. The first-order valence-corrected chi connectivity index (χ1v) is 7.30. The van der Waals surface area contributed by atoms with Gasteiger partial charge in [-0.05, 0) is 24.3 Å². The molecule has 0 radical (unpaired) electrons. The number of hydrogen-bond donors (Lipinski definition) is 1. The molecular formula is C15H16ClN3O2. The number of aromatic nitrogens is 1. The van der Waals surface area contributed by atoms with E-state index in [2.05, 4.69) is 5.32 Å². The zero-order chi connectivity index (χ0) is 14.8. The van der Waals surface area contributed by atoms with Gasteiger partial charge in [-0.15, -0.1) is 0 Å². The Morgan fingerprint density at radius 3 is 3.00 bits per heavy atom. The zero-order valence-corrected chi connectivity index (χ0v) is 12.3. The lowest BCUT2D eigenvalue weighted by Crippen LogP contribution is -2.50. The molecule has 1 N–H and O–H groups in total. The summed E-state index contributed by atoms with van der Waals surface area (Å²) in [6.07, 6.45) is 2.34. The summed E-state index contributed by atoms with van der Waals surface area (Å²) in [5.74, 6) is -0.0729. The van der Waals surface area contributed by atoms with E-state index in [4.69, 9.17) is 11.6 Å². The van der Waals surface area contributed by atoms with Gasteiger partial charge >= 0.3 is 0 Å². The normalized spacial score (nSPS) is 15.3. The number of rotatable bonds is 3. The minimum atomic E-state index is -0.0874. The summed E-state index contributed by atoms with van der Waals surface area (Å²) in [5.41, 5.74) is 1.06. The van der Waals surface area contributed by atoms with E-state index in [0.717, 1.165) is 10.9 Å². The summed E-state index contributed by atoms with van der Waals surface area (Å²) in [7, 11) is 0. The van der Waals surface area contributed by atoms with Crippen LogP contribution < -0.4 is 5.32 Å². The van der Waals surface area contributed by atoms with Gasteiger partial charge in [-0.25, -0.2) is 0 Å². The van der Waals surface area contributed by atoms with Crippen molar-refractivity contribution in [3.8, 4) is 0 Å². The Balaban J connectivity index is 1.66. The average Bonchev–Trinajstić information content (AvgIpc) is 2.87. The van der Waals surface area contributed by atoms with Crippen molar-refractivity contribution in [2.24, 2.45) is 0 Å². The van der Waals surface area contributed by atoms with Crippen molar-refractivity contribution in [2.75, 3.05) is 19.6 Å². The van der Waals surface area contributed by atoms with Crippen molar-refractivity contribution in [3.05, 3.63) is 35.5 Å². The molecule has 5 nitrogen and oxygen atoms in total. The number of nitrogens with one attached hydrogen (secondary N) is 1. The van der Waals surface area contributed by atoms with Crippen molar-refractivity contribution in [3.63, 3.8) is 0 Å². The SMILES string of the molecule is O=C1CN(C(=O)CCn2ccc3cc(Cl)ccc32)CCN1. The van der Waals surface area contributed by atoms with Crippen LogP contribution >= 0.6 is 11.6 Å². The number of carbonyl (C=O) groups is 2. The molecule has 1 saturated heterocycles. The molecule has 0 unspecified atom stereocenters. The van der Waals surface area contributed by atoms with Crippen LogP contribution in [-0.2, 0) is 16.1 Å². The fraction of sp³-hybridized carbons (Fsp3) is 0.333. The van der Waals surface area contributed by atoms with Gasteiger partial charge in [-0.1, -0.05) is 11.6 Å². The quantitative estimate of drug-likeness (QED) is 0.937. The maximum Gasteiger partial charge on any atom is 0.239 e. The van der Waals surface area contributed by atoms with Gasteiger partial charge in [0.05, 0.1) is 6.54 Å². The van der Waals surface area contributed by atoms with E-state index >= 15 is 0 Å². The molecule has 1 aromatic heterocycles. The number of halogens is 1. The minimum absolute atomic E-state index is 0.0145. The third-order valence-electron chi connectivity index (χ3n) is 3.69. The number of fused-ring (bicyclic) bond motifs is 1. The van der Waals surface area contributed by atoms with Gasteiger partial charge in [-0.3, -0.25) is 9.59 Å². The van der Waals surface area contributed by atoms with Gasteiger partial charge in [0.25, 0.3) is 0 Å². The standard InChI is InChI=1S/C15H16ClN3O2/c16-12-1-2-13-11(9-12)3-6-18(13)7-4-15(21)19-8-5-17-14(20)10-19/h1-3,6,9H,4-5,7-8,10H2,(H,17,20). The fourth-order valence-corrected chi connectivity index (χ4v) is 2.77. The second-order valence-electron chi connectivity index (χ2n) is 5.13. The third-order valence-corrected chi connectivity index (χ3v) is 3.93. The summed E-state index contributed by atoms with van der Waals surface area (Å²) in [5, 5.41) is 4.48. The molecule has 2 heterocycles. The Bertz CT molecular complexity index is 695. The number of nitrogens with zero attached hydrogens (tertiary/aromatic N) is 2. The lowest BCUT2D eigenvalue weighted by molar-refractivity contribution is -0.138. The molecule has 21 heavy (non-hydrogen) atoms. The van der Waals surface area contributed by atoms with Crippen LogP contribution in [0.15, 0.2) is 30.5 Å². The zero-order valence-electron chi connectivity index (χ0n) is 11.5. The first-order chi connectivity index (χ1) is 10.1. The Hall–Kier alpha value is -2.01. The monoisotopic (exact) mass is 305 g/mol. The average molecular weight is 306 g/mol. The fourth-order valence-electron chi connectivity index (χ4n) is 2.59. The Labute approximate surface area is 127 Å². The van der Waals surface area contributed by atoms with Gasteiger partial charge in [0, 0.05) is 48.2 Å². The molecule has 0 bridgehead atoms. The van der Waals surface area contributed by atoms with E-state index in [1.165, 1.54) is 0 Å². The molecule has 0 spiro atoms. The van der Waals surface area contributed by atoms with Gasteiger partial charge in [0.1, 0.15) is 0 Å². The highest BCUT2D eigenvalue weighted by Crippen LogP contribution is 2.20. The van der Waals surface area contributed by atoms with Crippen LogP contribution in [0.1, 0.15) is 6.42 Å². The first kappa shape index (κ1) is 13.9. The molecule has 2 aromatic rings. The predicted molar refractivity (Wildman–Crippen MR) is 81.2 cm³/mol. The van der Waals surface area contributed by atoms with Crippen molar-refractivity contribution in [2.45, 2.75) is 13.0 Å². The van der Waals surface area contributed by atoms with E-state index in [-0.39, 0.29) is 18.4 Å². The highest BCUT2D eigenvalue weighted by Gasteiger charge is 2.20. The third kappa shape index (κ3) is 3.03. The Morgan fingerprint density at radius 2 is 2.19 bits per heavy atom. The highest BCUT2D eigenvalue weighted by molar-refractivity contribution is 6.31. The topological polar surface area (TPSA) is 54.3 Å². The van der Waals surface area contributed by atoms with Crippen molar-refractivity contribution < 1.29 is 9.59 Å². The molecule has 0 atom stereocenters. The van der Waals surface area contributed by atoms with Gasteiger partial charge in [0.15, 0.2) is 0 Å². The summed E-state index contributed by atoms with van der Waals surface area (Å²) in [4.78, 5) is 25.0. The number of piperazine rings is 1. The van der Waals surface area contributed by atoms with Crippen molar-refractivity contribution >= 4 is 34.3 Å². The minimum Gasteiger partial charge on any atom is -0.353 e. The molecule has 3 rings (SSSR count). The van der Waals surface area contributed by atoms with Crippen LogP contribution in [0.2, 0.25) is 5.02 Å². The van der Waals surface area contributed by atoms with Gasteiger partial charge < -0.3 is 14.8 Å². The van der Waals surface area contributed by atoms with E-state index < -0.39 is 0 Å². The molecule has 2 amide bonds. The first-order valence-electron chi connectivity index (χ1n) is 6.92. The molecular weight excluding hydrogens is 290 g/mol. The second-order valence-corrected chi connectivity index (χ2v) is 5.56. The molecule has 0 aliphatic carbocycles. The van der Waals surface area contributed by atoms with Crippen molar-refractivity contribution in [1.82, 2.24) is 14.8 Å². The number of hydrogen-bond acceptors (Lipinski definition) is 2. The van der Waals surface area contributed by atoms with E-state index in [1.807, 2.05) is 35.0 Å². The molecule has 110 valence electrons. The molecule has 1 aromatic carbocycles.